The van der Waals surface area contributed by atoms with Crippen molar-refractivity contribution < 1.29 is 4.74 Å². The minimum atomic E-state index is -0.268. The zero-order valence-electron chi connectivity index (χ0n) is 11.9. The summed E-state index contributed by atoms with van der Waals surface area (Å²) in [6, 6.07) is 11.9. The molecule has 0 bridgehead atoms. The Morgan fingerprint density at radius 2 is 1.80 bits per heavy atom. The maximum absolute atomic E-state index is 6.68. The van der Waals surface area contributed by atoms with E-state index in [1.54, 1.807) is 0 Å². The Bertz CT molecular complexity index is 608. The van der Waals surface area contributed by atoms with Gasteiger partial charge in [0.25, 0.3) is 0 Å². The van der Waals surface area contributed by atoms with Crippen LogP contribution in [-0.2, 0) is 0 Å². The smallest absolute Gasteiger partial charge is 0.124 e. The van der Waals surface area contributed by atoms with Crippen molar-refractivity contribution in [2.75, 3.05) is 6.61 Å². The molecule has 0 aromatic heterocycles. The van der Waals surface area contributed by atoms with E-state index in [0.29, 0.717) is 11.6 Å². The van der Waals surface area contributed by atoms with Gasteiger partial charge in [-0.15, -0.1) is 11.6 Å². The summed E-state index contributed by atoms with van der Waals surface area (Å²) in [6.07, 6.45) is 0. The predicted octanol–water partition coefficient (Wildman–Crippen LogP) is 5.68. The van der Waals surface area contributed by atoms with Gasteiger partial charge in [0.15, 0.2) is 0 Å². The molecule has 1 atom stereocenters. The standard InChI is InChI=1S/C17H18Cl2O/c1-4-20-16-8-5-11(2)9-15(16)17(19)14-10-13(18)7-6-12(14)3/h5-10,17H,4H2,1-3H3. The van der Waals surface area contributed by atoms with Crippen LogP contribution in [0.2, 0.25) is 5.02 Å². The van der Waals surface area contributed by atoms with Crippen molar-refractivity contribution in [3.05, 3.63) is 63.7 Å². The molecular formula is C17H18Cl2O. The second-order valence-electron chi connectivity index (χ2n) is 4.84. The quantitative estimate of drug-likeness (QED) is 0.660. The molecule has 0 spiro atoms. The lowest BCUT2D eigenvalue weighted by Gasteiger charge is -2.18. The molecule has 0 aliphatic heterocycles. The van der Waals surface area contributed by atoms with Gasteiger partial charge in [0.05, 0.1) is 12.0 Å². The zero-order valence-corrected chi connectivity index (χ0v) is 13.4. The first-order valence-corrected chi connectivity index (χ1v) is 7.47. The number of halogens is 2. The summed E-state index contributed by atoms with van der Waals surface area (Å²) in [4.78, 5) is 0. The predicted molar refractivity (Wildman–Crippen MR) is 86.2 cm³/mol. The summed E-state index contributed by atoms with van der Waals surface area (Å²) < 4.78 is 5.69. The average Bonchev–Trinajstić information content (AvgIpc) is 2.43. The molecule has 0 N–H and O–H groups in total. The van der Waals surface area contributed by atoms with Crippen molar-refractivity contribution in [2.45, 2.75) is 26.1 Å². The van der Waals surface area contributed by atoms with Crippen LogP contribution >= 0.6 is 23.2 Å². The van der Waals surface area contributed by atoms with Gasteiger partial charge >= 0.3 is 0 Å². The third kappa shape index (κ3) is 3.28. The van der Waals surface area contributed by atoms with Crippen LogP contribution < -0.4 is 4.74 Å². The van der Waals surface area contributed by atoms with Crippen LogP contribution in [0.3, 0.4) is 0 Å². The highest BCUT2D eigenvalue weighted by Crippen LogP contribution is 2.38. The van der Waals surface area contributed by atoms with E-state index in [4.69, 9.17) is 27.9 Å². The van der Waals surface area contributed by atoms with Crippen molar-refractivity contribution >= 4 is 23.2 Å². The Hall–Kier alpha value is -1.18. The zero-order chi connectivity index (χ0) is 14.7. The lowest BCUT2D eigenvalue weighted by Crippen LogP contribution is -2.02. The maximum atomic E-state index is 6.68. The highest BCUT2D eigenvalue weighted by atomic mass is 35.5. The number of rotatable bonds is 4. The lowest BCUT2D eigenvalue weighted by atomic mass is 9.98. The lowest BCUT2D eigenvalue weighted by molar-refractivity contribution is 0.337. The van der Waals surface area contributed by atoms with Gasteiger partial charge in [0, 0.05) is 10.6 Å². The molecule has 1 nitrogen and oxygen atoms in total. The van der Waals surface area contributed by atoms with E-state index in [1.165, 1.54) is 0 Å². The third-order valence-corrected chi connectivity index (χ3v) is 3.96. The first-order chi connectivity index (χ1) is 9.52. The largest absolute Gasteiger partial charge is 0.494 e. The average molecular weight is 309 g/mol. The first kappa shape index (κ1) is 15.2. The van der Waals surface area contributed by atoms with Crippen molar-refractivity contribution in [3.8, 4) is 5.75 Å². The molecule has 0 saturated heterocycles. The highest BCUT2D eigenvalue weighted by Gasteiger charge is 2.18. The Labute approximate surface area is 130 Å². The SMILES string of the molecule is CCOc1ccc(C)cc1C(Cl)c1cc(Cl)ccc1C. The van der Waals surface area contributed by atoms with Crippen LogP contribution in [0.25, 0.3) is 0 Å². The molecular weight excluding hydrogens is 291 g/mol. The van der Waals surface area contributed by atoms with Crippen LogP contribution in [0, 0.1) is 13.8 Å². The van der Waals surface area contributed by atoms with Gasteiger partial charge in [-0.1, -0.05) is 35.4 Å². The minimum absolute atomic E-state index is 0.268. The van der Waals surface area contributed by atoms with E-state index < -0.39 is 0 Å². The molecule has 1 unspecified atom stereocenters. The van der Waals surface area contributed by atoms with Gasteiger partial charge < -0.3 is 4.74 Å². The van der Waals surface area contributed by atoms with Gasteiger partial charge in [-0.25, -0.2) is 0 Å². The molecule has 3 heteroatoms. The Morgan fingerprint density at radius 3 is 2.50 bits per heavy atom. The molecule has 0 aliphatic rings. The van der Waals surface area contributed by atoms with Gasteiger partial charge in [0.1, 0.15) is 5.75 Å². The summed E-state index contributed by atoms with van der Waals surface area (Å²) in [6.45, 7) is 6.68. The molecule has 2 aromatic carbocycles. The summed E-state index contributed by atoms with van der Waals surface area (Å²) in [5, 5.41) is 0.428. The summed E-state index contributed by atoms with van der Waals surface area (Å²) >= 11 is 12.8. The molecule has 0 saturated carbocycles. The molecule has 0 heterocycles. The van der Waals surface area contributed by atoms with Gasteiger partial charge in [-0.2, -0.15) is 0 Å². The number of ether oxygens (including phenoxy) is 1. The van der Waals surface area contributed by atoms with Gasteiger partial charge in [0.2, 0.25) is 0 Å². The number of aryl methyl sites for hydroxylation is 2. The second kappa shape index (κ2) is 6.51. The molecule has 2 aromatic rings. The summed E-state index contributed by atoms with van der Waals surface area (Å²) in [7, 11) is 0. The highest BCUT2D eigenvalue weighted by molar-refractivity contribution is 6.31. The fraction of sp³-hybridized carbons (Fsp3) is 0.294. The molecule has 20 heavy (non-hydrogen) atoms. The minimum Gasteiger partial charge on any atom is -0.494 e. The van der Waals surface area contributed by atoms with Crippen molar-refractivity contribution in [1.29, 1.82) is 0 Å². The third-order valence-electron chi connectivity index (χ3n) is 3.25. The topological polar surface area (TPSA) is 9.23 Å². The Balaban J connectivity index is 2.49. The number of hydrogen-bond donors (Lipinski definition) is 0. The fourth-order valence-corrected chi connectivity index (χ4v) is 2.79. The number of alkyl halides is 1. The molecule has 0 amide bonds. The monoisotopic (exact) mass is 308 g/mol. The van der Waals surface area contributed by atoms with E-state index in [2.05, 4.69) is 6.07 Å². The van der Waals surface area contributed by atoms with E-state index >= 15 is 0 Å². The van der Waals surface area contributed by atoms with Crippen molar-refractivity contribution in [1.82, 2.24) is 0 Å². The van der Waals surface area contributed by atoms with Crippen LogP contribution in [0.15, 0.2) is 36.4 Å². The number of hydrogen-bond acceptors (Lipinski definition) is 1. The Morgan fingerprint density at radius 1 is 1.05 bits per heavy atom. The molecule has 2 rings (SSSR count). The van der Waals surface area contributed by atoms with Crippen LogP contribution in [0.4, 0.5) is 0 Å². The molecule has 0 radical (unpaired) electrons. The van der Waals surface area contributed by atoms with E-state index in [1.807, 2.05) is 51.1 Å². The Kier molecular flexibility index (Phi) is 4.95. The maximum Gasteiger partial charge on any atom is 0.124 e. The van der Waals surface area contributed by atoms with Gasteiger partial charge in [-0.05, 0) is 50.1 Å². The van der Waals surface area contributed by atoms with Crippen molar-refractivity contribution in [2.24, 2.45) is 0 Å². The van der Waals surface area contributed by atoms with E-state index in [9.17, 15) is 0 Å². The van der Waals surface area contributed by atoms with Crippen LogP contribution in [-0.4, -0.2) is 6.61 Å². The first-order valence-electron chi connectivity index (χ1n) is 6.66. The van der Waals surface area contributed by atoms with E-state index in [-0.39, 0.29) is 5.38 Å². The number of benzene rings is 2. The van der Waals surface area contributed by atoms with Crippen LogP contribution in [0.1, 0.15) is 34.6 Å². The van der Waals surface area contributed by atoms with E-state index in [0.717, 1.165) is 28.0 Å². The van der Waals surface area contributed by atoms with Crippen LogP contribution in [0.5, 0.6) is 5.75 Å². The summed E-state index contributed by atoms with van der Waals surface area (Å²) in [5.74, 6) is 0.831. The van der Waals surface area contributed by atoms with Gasteiger partial charge in [-0.3, -0.25) is 0 Å². The van der Waals surface area contributed by atoms with Crippen molar-refractivity contribution in [3.63, 3.8) is 0 Å². The second-order valence-corrected chi connectivity index (χ2v) is 5.71. The molecule has 106 valence electrons. The normalized spacial score (nSPS) is 12.2. The molecule has 0 aliphatic carbocycles. The summed E-state index contributed by atoms with van der Waals surface area (Å²) in [5.41, 5.74) is 4.29. The molecule has 0 fully saturated rings. The fourth-order valence-electron chi connectivity index (χ4n) is 2.20.